The number of benzene rings is 3. The van der Waals surface area contributed by atoms with E-state index in [2.05, 4.69) is 50.8 Å². The third-order valence-corrected chi connectivity index (χ3v) is 7.15. The molecule has 0 saturated carbocycles. The smallest absolute Gasteiger partial charge is 0.340 e. The Hall–Kier alpha value is -3.27. The molecule has 176 valence electrons. The second kappa shape index (κ2) is 8.83. The van der Waals surface area contributed by atoms with E-state index in [4.69, 9.17) is 9.47 Å². The van der Waals surface area contributed by atoms with Gasteiger partial charge in [0, 0.05) is 24.3 Å². The summed E-state index contributed by atoms with van der Waals surface area (Å²) in [6.07, 6.45) is 4.80. The van der Waals surface area contributed by atoms with Gasteiger partial charge in [-0.25, -0.2) is 4.79 Å². The third kappa shape index (κ3) is 3.39. The van der Waals surface area contributed by atoms with Crippen molar-refractivity contribution < 1.29 is 14.3 Å². The molecule has 1 spiro atoms. The van der Waals surface area contributed by atoms with Gasteiger partial charge in [-0.3, -0.25) is 0 Å². The van der Waals surface area contributed by atoms with Gasteiger partial charge in [-0.15, -0.1) is 0 Å². The van der Waals surface area contributed by atoms with Crippen LogP contribution in [-0.4, -0.2) is 19.1 Å². The topological polar surface area (TPSA) is 38.8 Å². The zero-order valence-electron chi connectivity index (χ0n) is 20.6. The summed E-state index contributed by atoms with van der Waals surface area (Å²) in [4.78, 5) is 15.7. The molecule has 0 bridgehead atoms. The number of fused-ring (bicyclic) bond motifs is 6. The lowest BCUT2D eigenvalue weighted by Crippen LogP contribution is -2.37. The van der Waals surface area contributed by atoms with Crippen LogP contribution in [0.5, 0.6) is 11.5 Å². The molecule has 4 heteroatoms. The third-order valence-electron chi connectivity index (χ3n) is 7.15. The molecule has 1 atom stereocenters. The van der Waals surface area contributed by atoms with Gasteiger partial charge in [0.25, 0.3) is 0 Å². The first kappa shape index (κ1) is 22.5. The maximum atomic E-state index is 13.3. The van der Waals surface area contributed by atoms with Gasteiger partial charge in [0.05, 0.1) is 16.7 Å². The number of nitrogens with zero attached hydrogens (tertiary/aromatic N) is 1. The highest BCUT2D eigenvalue weighted by Crippen LogP contribution is 2.59. The summed E-state index contributed by atoms with van der Waals surface area (Å²) >= 11 is 0. The molecule has 34 heavy (non-hydrogen) atoms. The lowest BCUT2D eigenvalue weighted by Gasteiger charge is -2.40. The highest BCUT2D eigenvalue weighted by molar-refractivity contribution is 5.97. The Morgan fingerprint density at radius 2 is 1.71 bits per heavy atom. The van der Waals surface area contributed by atoms with Crippen molar-refractivity contribution in [3.05, 3.63) is 88.0 Å². The zero-order chi connectivity index (χ0) is 23.9. The maximum Gasteiger partial charge on any atom is 0.340 e. The fourth-order valence-corrected chi connectivity index (χ4v) is 5.69. The number of hydrogen-bond donors (Lipinski definition) is 0. The molecule has 5 rings (SSSR count). The first-order valence-corrected chi connectivity index (χ1v) is 12.5. The van der Waals surface area contributed by atoms with Gasteiger partial charge in [-0.2, -0.15) is 0 Å². The van der Waals surface area contributed by atoms with E-state index in [-0.39, 0.29) is 5.97 Å². The molecule has 0 amide bonds. The van der Waals surface area contributed by atoms with Gasteiger partial charge in [-0.1, -0.05) is 56.5 Å². The van der Waals surface area contributed by atoms with E-state index in [1.54, 1.807) is 0 Å². The van der Waals surface area contributed by atoms with Crippen LogP contribution in [0.1, 0.15) is 77.7 Å². The number of anilines is 1. The highest BCUT2D eigenvalue weighted by Gasteiger charge is 2.55. The van der Waals surface area contributed by atoms with Crippen molar-refractivity contribution in [1.82, 2.24) is 0 Å². The molecule has 0 N–H and O–H groups in total. The van der Waals surface area contributed by atoms with Crippen LogP contribution in [0, 0.1) is 13.8 Å². The van der Waals surface area contributed by atoms with Crippen LogP contribution in [0.4, 0.5) is 5.69 Å². The van der Waals surface area contributed by atoms with Crippen molar-refractivity contribution in [2.45, 2.75) is 59.0 Å². The number of esters is 1. The molecule has 0 aromatic heterocycles. The Labute approximate surface area is 202 Å². The summed E-state index contributed by atoms with van der Waals surface area (Å²) < 4.78 is 13.0. The van der Waals surface area contributed by atoms with Crippen molar-refractivity contribution in [3.63, 3.8) is 0 Å². The lowest BCUT2D eigenvalue weighted by molar-refractivity contribution is 0.0224. The van der Waals surface area contributed by atoms with Crippen LogP contribution < -0.4 is 9.64 Å². The molecule has 2 heterocycles. The largest absolute Gasteiger partial charge is 0.456 e. The van der Waals surface area contributed by atoms with Crippen LogP contribution in [0.15, 0.2) is 54.6 Å². The van der Waals surface area contributed by atoms with E-state index >= 15 is 0 Å². The van der Waals surface area contributed by atoms with Gasteiger partial charge < -0.3 is 14.4 Å². The molecule has 2 aliphatic rings. The number of rotatable bonds is 7. The quantitative estimate of drug-likeness (QED) is 0.277. The predicted octanol–water partition coefficient (Wildman–Crippen LogP) is 7.28. The molecular weight excluding hydrogens is 422 g/mol. The first-order chi connectivity index (χ1) is 16.5. The highest BCUT2D eigenvalue weighted by atomic mass is 16.6. The van der Waals surface area contributed by atoms with E-state index in [0.717, 1.165) is 64.5 Å². The maximum absolute atomic E-state index is 13.3. The molecule has 4 nitrogen and oxygen atoms in total. The molecule has 3 aromatic rings. The molecule has 0 radical (unpaired) electrons. The van der Waals surface area contributed by atoms with Gasteiger partial charge in [0.2, 0.25) is 0 Å². The van der Waals surface area contributed by atoms with Crippen molar-refractivity contribution in [3.8, 4) is 11.5 Å². The molecule has 2 aliphatic heterocycles. The average molecular weight is 456 g/mol. The van der Waals surface area contributed by atoms with Crippen molar-refractivity contribution in [2.24, 2.45) is 0 Å². The molecule has 0 aliphatic carbocycles. The minimum absolute atomic E-state index is 0.282. The average Bonchev–Trinajstić information content (AvgIpc) is 3.11. The summed E-state index contributed by atoms with van der Waals surface area (Å²) in [5.41, 5.74) is 5.62. The second-order valence-corrected chi connectivity index (χ2v) is 9.46. The van der Waals surface area contributed by atoms with Crippen LogP contribution in [-0.2, 0) is 10.3 Å². The zero-order valence-corrected chi connectivity index (χ0v) is 20.6. The van der Waals surface area contributed by atoms with Crippen LogP contribution in [0.3, 0.4) is 0 Å². The lowest BCUT2D eigenvalue weighted by atomic mass is 9.75. The van der Waals surface area contributed by atoms with Crippen molar-refractivity contribution in [2.75, 3.05) is 18.0 Å². The molecule has 0 saturated heterocycles. The molecular formula is C30H33NO3. The Balaban J connectivity index is 1.76. The van der Waals surface area contributed by atoms with Crippen LogP contribution in [0.25, 0.3) is 0 Å². The van der Waals surface area contributed by atoms with Gasteiger partial charge >= 0.3 is 5.97 Å². The summed E-state index contributed by atoms with van der Waals surface area (Å²) in [6, 6.07) is 18.2. The summed E-state index contributed by atoms with van der Waals surface area (Å²) in [6.45, 7) is 10.4. The number of unbranched alkanes of at least 4 members (excludes halogenated alkanes) is 3. The minimum Gasteiger partial charge on any atom is -0.456 e. The molecule has 1 unspecified atom stereocenters. The number of hydrogen-bond acceptors (Lipinski definition) is 4. The number of carbonyl (C=O) groups is 1. The van der Waals surface area contributed by atoms with Crippen molar-refractivity contribution in [1.29, 1.82) is 0 Å². The first-order valence-electron chi connectivity index (χ1n) is 12.5. The SMILES string of the molecule is CCCCCCN(CC)c1cccc2c1C1(OC(=O)c3ccccc31)c1c(C)cc(C)cc1O2. The van der Waals surface area contributed by atoms with E-state index in [1.165, 1.54) is 19.3 Å². The number of ether oxygens (including phenoxy) is 2. The summed E-state index contributed by atoms with van der Waals surface area (Å²) in [5, 5.41) is 0. The Bertz CT molecular complexity index is 1250. The van der Waals surface area contributed by atoms with Gasteiger partial charge in [0.1, 0.15) is 11.5 Å². The summed E-state index contributed by atoms with van der Waals surface area (Å²) in [7, 11) is 0. The van der Waals surface area contributed by atoms with Crippen molar-refractivity contribution >= 4 is 11.7 Å². The van der Waals surface area contributed by atoms with Gasteiger partial charge in [0.15, 0.2) is 5.60 Å². The Kier molecular flexibility index (Phi) is 5.85. The summed E-state index contributed by atoms with van der Waals surface area (Å²) in [5.74, 6) is 1.24. The number of carbonyl (C=O) groups excluding carboxylic acids is 1. The second-order valence-electron chi connectivity index (χ2n) is 9.46. The minimum atomic E-state index is -1.03. The molecule has 0 fully saturated rings. The molecule has 3 aromatic carbocycles. The normalized spacial score (nSPS) is 17.6. The van der Waals surface area contributed by atoms with E-state index in [9.17, 15) is 4.79 Å². The van der Waals surface area contributed by atoms with Crippen LogP contribution in [0.2, 0.25) is 0 Å². The van der Waals surface area contributed by atoms with E-state index in [0.29, 0.717) is 5.56 Å². The van der Waals surface area contributed by atoms with E-state index < -0.39 is 5.60 Å². The Morgan fingerprint density at radius 1 is 0.882 bits per heavy atom. The fraction of sp³-hybridized carbons (Fsp3) is 0.367. The fourth-order valence-electron chi connectivity index (χ4n) is 5.69. The Morgan fingerprint density at radius 3 is 2.50 bits per heavy atom. The monoisotopic (exact) mass is 455 g/mol. The number of aryl methyl sites for hydroxylation is 2. The van der Waals surface area contributed by atoms with E-state index in [1.807, 2.05) is 36.4 Å². The standard InChI is InChI=1S/C30H33NO3/c1-5-7-8-11-17-31(6-2)24-15-12-16-25-28(24)30(23-14-10-9-13-22(23)29(32)34-30)27-21(4)18-20(3)19-26(27)33-25/h9-10,12-16,18-19H,5-8,11,17H2,1-4H3. The predicted molar refractivity (Wildman–Crippen MR) is 136 cm³/mol. The van der Waals surface area contributed by atoms with Crippen LogP contribution >= 0.6 is 0 Å². The van der Waals surface area contributed by atoms with Gasteiger partial charge in [-0.05, 0) is 62.6 Å².